The maximum atomic E-state index is 12.6. The number of carbonyl (C=O) groups is 3. The van der Waals surface area contributed by atoms with Crippen LogP contribution in [0.1, 0.15) is 31.4 Å². The molecule has 1 unspecified atom stereocenters. The van der Waals surface area contributed by atoms with Crippen LogP contribution in [-0.4, -0.2) is 36.2 Å². The Morgan fingerprint density at radius 1 is 1.07 bits per heavy atom. The molecule has 1 N–H and O–H groups in total. The smallest absolute Gasteiger partial charge is 0.244 e. The molecule has 3 amide bonds. The molecule has 1 heterocycles. The van der Waals surface area contributed by atoms with E-state index < -0.39 is 0 Å². The van der Waals surface area contributed by atoms with Gasteiger partial charge in [-0.05, 0) is 24.6 Å². The summed E-state index contributed by atoms with van der Waals surface area (Å²) < 4.78 is 0. The van der Waals surface area contributed by atoms with E-state index in [2.05, 4.69) is 5.32 Å². The van der Waals surface area contributed by atoms with Crippen molar-refractivity contribution in [3.63, 3.8) is 0 Å². The summed E-state index contributed by atoms with van der Waals surface area (Å²) in [6.45, 7) is 1.93. The number of rotatable bonds is 5. The van der Waals surface area contributed by atoms with Crippen LogP contribution < -0.4 is 10.2 Å². The van der Waals surface area contributed by atoms with Crippen LogP contribution in [0.5, 0.6) is 0 Å². The van der Waals surface area contributed by atoms with E-state index in [1.165, 1.54) is 4.90 Å². The Kier molecular flexibility index (Phi) is 5.54. The fourth-order valence-electron chi connectivity index (χ4n) is 3.15. The molecular weight excluding hydrogens is 342 g/mol. The van der Waals surface area contributed by atoms with Gasteiger partial charge >= 0.3 is 0 Å². The Morgan fingerprint density at radius 3 is 2.48 bits per heavy atom. The van der Waals surface area contributed by atoms with E-state index in [1.807, 2.05) is 43.3 Å². The molecule has 2 aromatic rings. The van der Waals surface area contributed by atoms with Gasteiger partial charge in [0.25, 0.3) is 0 Å². The number of hydrogen-bond acceptors (Lipinski definition) is 3. The largest absolute Gasteiger partial charge is 0.339 e. The maximum Gasteiger partial charge on any atom is 0.244 e. The number of nitrogens with one attached hydrogen (secondary N) is 1. The van der Waals surface area contributed by atoms with Crippen LogP contribution in [0.4, 0.5) is 11.4 Å². The van der Waals surface area contributed by atoms with Crippen LogP contribution in [0.2, 0.25) is 0 Å². The number of carbonyl (C=O) groups excluding carboxylic acids is 3. The highest BCUT2D eigenvalue weighted by molar-refractivity contribution is 6.10. The van der Waals surface area contributed by atoms with Crippen molar-refractivity contribution >= 4 is 29.1 Å². The third-order valence-corrected chi connectivity index (χ3v) is 4.88. The van der Waals surface area contributed by atoms with Gasteiger partial charge in [0.1, 0.15) is 6.54 Å². The number of fused-ring (bicyclic) bond motifs is 1. The molecule has 27 heavy (non-hydrogen) atoms. The quantitative estimate of drug-likeness (QED) is 0.886. The molecule has 0 saturated carbocycles. The molecule has 0 spiro atoms. The highest BCUT2D eigenvalue weighted by Crippen LogP contribution is 2.29. The predicted molar refractivity (Wildman–Crippen MR) is 104 cm³/mol. The summed E-state index contributed by atoms with van der Waals surface area (Å²) in [5, 5.41) is 2.75. The van der Waals surface area contributed by atoms with Crippen LogP contribution in [0.25, 0.3) is 0 Å². The molecule has 0 aromatic heterocycles. The van der Waals surface area contributed by atoms with Crippen LogP contribution in [0.15, 0.2) is 54.6 Å². The third-order valence-electron chi connectivity index (χ3n) is 4.88. The van der Waals surface area contributed by atoms with Gasteiger partial charge in [-0.25, -0.2) is 0 Å². The molecule has 0 fully saturated rings. The first kappa shape index (κ1) is 18.6. The van der Waals surface area contributed by atoms with Crippen molar-refractivity contribution in [3.8, 4) is 0 Å². The lowest BCUT2D eigenvalue weighted by Crippen LogP contribution is -2.42. The number of benzene rings is 2. The standard InChI is InChI=1S/C21H23N3O3/c1-15(16-8-4-3-5-9-16)23(2)20(26)12-13-21(27)24-14-19(25)22-17-10-6-7-11-18(17)24/h3-11,15H,12-14H2,1-2H3,(H,22,25). The summed E-state index contributed by atoms with van der Waals surface area (Å²) in [4.78, 5) is 40.1. The summed E-state index contributed by atoms with van der Waals surface area (Å²) in [5.41, 5.74) is 2.32. The van der Waals surface area contributed by atoms with Gasteiger partial charge in [0, 0.05) is 19.9 Å². The fraction of sp³-hybridized carbons (Fsp3) is 0.286. The summed E-state index contributed by atoms with van der Waals surface area (Å²) in [7, 11) is 1.74. The zero-order valence-electron chi connectivity index (χ0n) is 15.5. The number of anilines is 2. The van der Waals surface area contributed by atoms with E-state index in [1.54, 1.807) is 30.1 Å². The molecule has 1 atom stereocenters. The molecule has 1 aliphatic heterocycles. The SMILES string of the molecule is CC(c1ccccc1)N(C)C(=O)CCC(=O)N1CC(=O)Nc2ccccc21. The Balaban J connectivity index is 1.62. The maximum absolute atomic E-state index is 12.6. The van der Waals surface area contributed by atoms with E-state index in [0.29, 0.717) is 11.4 Å². The molecule has 0 radical (unpaired) electrons. The van der Waals surface area contributed by atoms with Crippen molar-refractivity contribution in [2.45, 2.75) is 25.8 Å². The molecule has 0 bridgehead atoms. The first-order chi connectivity index (χ1) is 13.0. The number of hydrogen-bond donors (Lipinski definition) is 1. The first-order valence-corrected chi connectivity index (χ1v) is 8.97. The lowest BCUT2D eigenvalue weighted by molar-refractivity contribution is -0.133. The molecule has 0 aliphatic carbocycles. The summed E-state index contributed by atoms with van der Waals surface area (Å²) in [6.07, 6.45) is 0.166. The minimum absolute atomic E-state index is 0.0275. The second-order valence-corrected chi connectivity index (χ2v) is 6.64. The van der Waals surface area contributed by atoms with Crippen LogP contribution >= 0.6 is 0 Å². The van der Waals surface area contributed by atoms with Gasteiger partial charge in [-0.2, -0.15) is 0 Å². The topological polar surface area (TPSA) is 69.7 Å². The molecular formula is C21H23N3O3. The summed E-state index contributed by atoms with van der Waals surface area (Å²) >= 11 is 0. The zero-order valence-corrected chi connectivity index (χ0v) is 15.5. The number of para-hydroxylation sites is 2. The average Bonchev–Trinajstić information content (AvgIpc) is 2.70. The van der Waals surface area contributed by atoms with Gasteiger partial charge in [0.15, 0.2) is 0 Å². The van der Waals surface area contributed by atoms with E-state index in [4.69, 9.17) is 0 Å². The highest BCUT2D eigenvalue weighted by Gasteiger charge is 2.27. The summed E-state index contributed by atoms with van der Waals surface area (Å²) in [6, 6.07) is 16.8. The molecule has 6 nitrogen and oxygen atoms in total. The van der Waals surface area contributed by atoms with Gasteiger partial charge in [0.05, 0.1) is 17.4 Å². The van der Waals surface area contributed by atoms with E-state index in [9.17, 15) is 14.4 Å². The number of nitrogens with zero attached hydrogens (tertiary/aromatic N) is 2. The Morgan fingerprint density at radius 2 is 1.74 bits per heavy atom. The second-order valence-electron chi connectivity index (χ2n) is 6.64. The van der Waals surface area contributed by atoms with Crippen LogP contribution in [0, 0.1) is 0 Å². The van der Waals surface area contributed by atoms with Crippen molar-refractivity contribution < 1.29 is 14.4 Å². The number of amides is 3. The van der Waals surface area contributed by atoms with Crippen LogP contribution in [0.3, 0.4) is 0 Å². The Labute approximate surface area is 158 Å². The minimum atomic E-state index is -0.233. The van der Waals surface area contributed by atoms with Gasteiger partial charge < -0.3 is 15.1 Å². The predicted octanol–water partition coefficient (Wildman–Crippen LogP) is 2.97. The monoisotopic (exact) mass is 365 g/mol. The normalized spacial score (nSPS) is 14.1. The van der Waals surface area contributed by atoms with Crippen molar-refractivity contribution in [2.24, 2.45) is 0 Å². The Bertz CT molecular complexity index is 851. The molecule has 2 aromatic carbocycles. The van der Waals surface area contributed by atoms with Gasteiger partial charge in [0.2, 0.25) is 17.7 Å². The highest BCUT2D eigenvalue weighted by atomic mass is 16.2. The zero-order chi connectivity index (χ0) is 19.4. The van der Waals surface area contributed by atoms with Gasteiger partial charge in [-0.3, -0.25) is 14.4 Å². The molecule has 6 heteroatoms. The van der Waals surface area contributed by atoms with Gasteiger partial charge in [-0.1, -0.05) is 42.5 Å². The molecule has 3 rings (SSSR count). The van der Waals surface area contributed by atoms with E-state index in [-0.39, 0.29) is 43.1 Å². The third kappa shape index (κ3) is 4.16. The van der Waals surface area contributed by atoms with Crippen molar-refractivity contribution in [3.05, 3.63) is 60.2 Å². The molecule has 1 aliphatic rings. The minimum Gasteiger partial charge on any atom is -0.339 e. The van der Waals surface area contributed by atoms with Crippen LogP contribution in [-0.2, 0) is 14.4 Å². The molecule has 140 valence electrons. The fourth-order valence-corrected chi connectivity index (χ4v) is 3.15. The van der Waals surface area contributed by atoms with Crippen molar-refractivity contribution in [1.29, 1.82) is 0 Å². The van der Waals surface area contributed by atoms with Crippen molar-refractivity contribution in [1.82, 2.24) is 4.90 Å². The van der Waals surface area contributed by atoms with E-state index >= 15 is 0 Å². The Hall–Kier alpha value is -3.15. The van der Waals surface area contributed by atoms with E-state index in [0.717, 1.165) is 5.56 Å². The van der Waals surface area contributed by atoms with Gasteiger partial charge in [-0.15, -0.1) is 0 Å². The first-order valence-electron chi connectivity index (χ1n) is 8.97. The lowest BCUT2D eigenvalue weighted by Gasteiger charge is -2.29. The van der Waals surface area contributed by atoms with Crippen molar-refractivity contribution in [2.75, 3.05) is 23.8 Å². The lowest BCUT2D eigenvalue weighted by atomic mass is 10.1. The second kappa shape index (κ2) is 8.03. The average molecular weight is 365 g/mol. The summed E-state index contributed by atoms with van der Waals surface area (Å²) in [5.74, 6) is -0.566. The molecule has 0 saturated heterocycles.